The van der Waals surface area contributed by atoms with E-state index in [2.05, 4.69) is 50.1 Å². The number of rotatable bonds is 3. The average Bonchev–Trinajstić information content (AvgIpc) is 2.47. The maximum absolute atomic E-state index is 6.11. The molecule has 3 rings (SSSR count). The molecule has 0 spiro atoms. The lowest BCUT2D eigenvalue weighted by Crippen LogP contribution is -2.76. The molecular formula is C18H22N3O+. The second kappa shape index (κ2) is 5.79. The summed E-state index contributed by atoms with van der Waals surface area (Å²) < 4.78 is 6.11. The molecule has 0 atom stereocenters. The quantitative estimate of drug-likeness (QED) is 0.727. The molecule has 114 valence electrons. The van der Waals surface area contributed by atoms with Crippen molar-refractivity contribution >= 4 is 16.8 Å². The largest absolute Gasteiger partial charge is 0.452 e. The monoisotopic (exact) mass is 296 g/mol. The average molecular weight is 296 g/mol. The van der Waals surface area contributed by atoms with Crippen LogP contribution in [0.5, 0.6) is 0 Å². The molecule has 4 heteroatoms. The van der Waals surface area contributed by atoms with Gasteiger partial charge in [-0.25, -0.2) is 9.98 Å². The molecule has 1 aromatic carbocycles. The molecular weight excluding hydrogens is 274 g/mol. The highest BCUT2D eigenvalue weighted by Gasteiger charge is 2.14. The Balaban J connectivity index is 2.30. The van der Waals surface area contributed by atoms with E-state index in [0.29, 0.717) is 0 Å². The van der Waals surface area contributed by atoms with Crippen molar-refractivity contribution in [2.75, 3.05) is 18.4 Å². The first-order valence-electron chi connectivity index (χ1n) is 7.79. The standard InChI is InChI=1S/C18H21N3O/c1-5-19-13-7-12(4)18-17(9-13)22-16-10-14(20-6-2)11(3)8-15(16)21-18/h7-10,19H,5-6H2,1-4H3/p+1. The van der Waals surface area contributed by atoms with E-state index in [1.165, 1.54) is 5.56 Å². The van der Waals surface area contributed by atoms with E-state index < -0.39 is 0 Å². The van der Waals surface area contributed by atoms with E-state index in [0.717, 1.165) is 52.3 Å². The first kappa shape index (κ1) is 14.6. The lowest BCUT2D eigenvalue weighted by atomic mass is 10.1. The molecule has 0 unspecified atom stereocenters. The van der Waals surface area contributed by atoms with Crippen LogP contribution in [0.25, 0.3) is 22.6 Å². The number of benzene rings is 2. The number of hydrogen-bond donors (Lipinski definition) is 2. The van der Waals surface area contributed by atoms with Gasteiger partial charge in [-0.1, -0.05) is 0 Å². The molecule has 1 heterocycles. The van der Waals surface area contributed by atoms with Gasteiger partial charge in [0.15, 0.2) is 11.3 Å². The van der Waals surface area contributed by atoms with Gasteiger partial charge in [0.05, 0.1) is 6.07 Å². The summed E-state index contributed by atoms with van der Waals surface area (Å²) in [6.07, 6.45) is 0. The minimum atomic E-state index is 0.807. The summed E-state index contributed by atoms with van der Waals surface area (Å²) in [6.45, 7) is 10.1. The van der Waals surface area contributed by atoms with Crippen molar-refractivity contribution in [1.82, 2.24) is 4.98 Å². The molecule has 2 aliphatic rings. The summed E-state index contributed by atoms with van der Waals surface area (Å²) in [5, 5.41) is 4.43. The Bertz CT molecular complexity index is 864. The highest BCUT2D eigenvalue weighted by Crippen LogP contribution is 2.28. The zero-order valence-corrected chi connectivity index (χ0v) is 13.6. The van der Waals surface area contributed by atoms with Crippen molar-refractivity contribution in [2.45, 2.75) is 27.7 Å². The molecule has 0 aromatic heterocycles. The van der Waals surface area contributed by atoms with Crippen LogP contribution in [0.2, 0.25) is 0 Å². The SMILES string of the molecule is CCNc1cc(C)c2nc3cc(C)c(=[NH+]CC)cc-3oc2c1. The van der Waals surface area contributed by atoms with Crippen LogP contribution in [0.15, 0.2) is 28.7 Å². The fraction of sp³-hybridized carbons (Fsp3) is 0.333. The van der Waals surface area contributed by atoms with Crippen LogP contribution in [-0.2, 0) is 0 Å². The lowest BCUT2D eigenvalue weighted by Gasteiger charge is -2.11. The Morgan fingerprint density at radius 3 is 2.64 bits per heavy atom. The molecule has 1 aromatic rings. The minimum absolute atomic E-state index is 0.807. The van der Waals surface area contributed by atoms with Crippen molar-refractivity contribution in [3.8, 4) is 11.5 Å². The number of nitrogens with one attached hydrogen (secondary N) is 2. The molecule has 0 amide bonds. The molecule has 1 aliphatic carbocycles. The molecule has 2 N–H and O–H groups in total. The van der Waals surface area contributed by atoms with Crippen molar-refractivity contribution in [3.05, 3.63) is 40.7 Å². The number of anilines is 1. The van der Waals surface area contributed by atoms with Gasteiger partial charge in [0.25, 0.3) is 0 Å². The zero-order valence-electron chi connectivity index (χ0n) is 13.6. The van der Waals surface area contributed by atoms with Crippen LogP contribution >= 0.6 is 0 Å². The summed E-state index contributed by atoms with van der Waals surface area (Å²) >= 11 is 0. The molecule has 0 saturated heterocycles. The van der Waals surface area contributed by atoms with Crippen LogP contribution in [0, 0.1) is 13.8 Å². The van der Waals surface area contributed by atoms with Crippen molar-refractivity contribution in [2.24, 2.45) is 0 Å². The van der Waals surface area contributed by atoms with Crippen LogP contribution < -0.4 is 15.7 Å². The molecule has 4 nitrogen and oxygen atoms in total. The summed E-state index contributed by atoms with van der Waals surface area (Å²) in [4.78, 5) is 8.15. The van der Waals surface area contributed by atoms with E-state index in [4.69, 9.17) is 9.40 Å². The number of aryl methyl sites for hydroxylation is 2. The third kappa shape index (κ3) is 2.56. The summed E-state index contributed by atoms with van der Waals surface area (Å²) in [6, 6.07) is 8.24. The van der Waals surface area contributed by atoms with Gasteiger partial charge in [0.2, 0.25) is 5.36 Å². The predicted molar refractivity (Wildman–Crippen MR) is 88.9 cm³/mol. The topological polar surface area (TPSA) is 52.0 Å². The number of aromatic nitrogens is 1. The van der Waals surface area contributed by atoms with Gasteiger partial charge in [-0.05, 0) is 45.4 Å². The van der Waals surface area contributed by atoms with Gasteiger partial charge in [0, 0.05) is 23.9 Å². The number of fused-ring (bicyclic) bond motifs is 2. The third-order valence-corrected chi connectivity index (χ3v) is 3.77. The van der Waals surface area contributed by atoms with E-state index in [1.807, 2.05) is 12.1 Å². The molecule has 0 saturated carbocycles. The van der Waals surface area contributed by atoms with E-state index in [9.17, 15) is 0 Å². The maximum atomic E-state index is 6.11. The van der Waals surface area contributed by atoms with Crippen LogP contribution in [0.4, 0.5) is 5.69 Å². The normalized spacial score (nSPS) is 12.3. The Morgan fingerprint density at radius 1 is 1.09 bits per heavy atom. The van der Waals surface area contributed by atoms with E-state index in [-0.39, 0.29) is 0 Å². The van der Waals surface area contributed by atoms with Gasteiger partial charge < -0.3 is 9.73 Å². The maximum Gasteiger partial charge on any atom is 0.205 e. The molecule has 0 radical (unpaired) electrons. The second-order valence-electron chi connectivity index (χ2n) is 5.55. The molecule has 0 fully saturated rings. The van der Waals surface area contributed by atoms with Crippen LogP contribution in [0.1, 0.15) is 25.0 Å². The fourth-order valence-corrected chi connectivity index (χ4v) is 2.74. The highest BCUT2D eigenvalue weighted by atomic mass is 16.3. The Kier molecular flexibility index (Phi) is 3.84. The Hall–Kier alpha value is -2.36. The van der Waals surface area contributed by atoms with Crippen LogP contribution in [0.3, 0.4) is 0 Å². The molecule has 22 heavy (non-hydrogen) atoms. The Labute approximate surface area is 130 Å². The van der Waals surface area contributed by atoms with Crippen molar-refractivity contribution in [3.63, 3.8) is 0 Å². The van der Waals surface area contributed by atoms with Crippen molar-refractivity contribution < 1.29 is 9.41 Å². The summed E-state index contributed by atoms with van der Waals surface area (Å²) in [5.74, 6) is 0.807. The minimum Gasteiger partial charge on any atom is -0.452 e. The second-order valence-corrected chi connectivity index (χ2v) is 5.55. The first-order chi connectivity index (χ1) is 10.6. The van der Waals surface area contributed by atoms with Gasteiger partial charge in [-0.3, -0.25) is 0 Å². The third-order valence-electron chi connectivity index (χ3n) is 3.77. The molecule has 0 bridgehead atoms. The lowest BCUT2D eigenvalue weighted by molar-refractivity contribution is -0.496. The van der Waals surface area contributed by atoms with E-state index in [1.54, 1.807) is 0 Å². The zero-order chi connectivity index (χ0) is 15.7. The first-order valence-corrected chi connectivity index (χ1v) is 7.79. The highest BCUT2D eigenvalue weighted by molar-refractivity contribution is 5.83. The number of hydrogen-bond acceptors (Lipinski definition) is 3. The predicted octanol–water partition coefficient (Wildman–Crippen LogP) is 1.98. The summed E-state index contributed by atoms with van der Waals surface area (Å²) in [7, 11) is 0. The van der Waals surface area contributed by atoms with Crippen LogP contribution in [-0.4, -0.2) is 18.1 Å². The fourth-order valence-electron chi connectivity index (χ4n) is 2.74. The van der Waals surface area contributed by atoms with Gasteiger partial charge in [0.1, 0.15) is 17.8 Å². The van der Waals surface area contributed by atoms with Crippen molar-refractivity contribution in [1.29, 1.82) is 0 Å². The van der Waals surface area contributed by atoms with Gasteiger partial charge in [-0.2, -0.15) is 0 Å². The van der Waals surface area contributed by atoms with E-state index >= 15 is 0 Å². The number of nitrogens with zero attached hydrogens (tertiary/aromatic N) is 1. The Morgan fingerprint density at radius 2 is 1.91 bits per heavy atom. The van der Waals surface area contributed by atoms with Gasteiger partial charge >= 0.3 is 0 Å². The molecule has 1 aliphatic heterocycles. The summed E-state index contributed by atoms with van der Waals surface area (Å²) in [5.41, 5.74) is 5.99. The van der Waals surface area contributed by atoms with Gasteiger partial charge in [-0.15, -0.1) is 0 Å². The smallest absolute Gasteiger partial charge is 0.205 e.